The third kappa shape index (κ3) is 3.35. The molecule has 0 atom stereocenters. The van der Waals surface area contributed by atoms with Crippen LogP contribution < -0.4 is 10.6 Å². The maximum Gasteiger partial charge on any atom is 0.329 e. The second-order valence-electron chi connectivity index (χ2n) is 4.71. The molecule has 2 amide bonds. The molecular weight excluding hydrogens is 220 g/mol. The van der Waals surface area contributed by atoms with Gasteiger partial charge in [0.25, 0.3) is 0 Å². The topological polar surface area (TPSA) is 78.4 Å². The maximum atomic E-state index is 11.8. The van der Waals surface area contributed by atoms with Crippen molar-refractivity contribution in [3.63, 3.8) is 0 Å². The molecule has 0 aliphatic heterocycles. The average molecular weight is 242 g/mol. The van der Waals surface area contributed by atoms with Crippen LogP contribution in [-0.2, 0) is 4.79 Å². The minimum atomic E-state index is -1.05. The van der Waals surface area contributed by atoms with Crippen LogP contribution in [0.5, 0.6) is 0 Å². The number of amides is 2. The lowest BCUT2D eigenvalue weighted by molar-refractivity contribution is -0.144. The van der Waals surface area contributed by atoms with Gasteiger partial charge in [0.1, 0.15) is 5.54 Å². The number of hydrogen-bond donors (Lipinski definition) is 3. The molecule has 0 bridgehead atoms. The van der Waals surface area contributed by atoms with E-state index < -0.39 is 11.5 Å². The van der Waals surface area contributed by atoms with Crippen molar-refractivity contribution in [3.05, 3.63) is 0 Å². The van der Waals surface area contributed by atoms with Gasteiger partial charge in [-0.05, 0) is 25.7 Å². The van der Waals surface area contributed by atoms with E-state index in [4.69, 9.17) is 0 Å². The normalized spacial score (nSPS) is 18.1. The fourth-order valence-electron chi connectivity index (χ4n) is 2.30. The highest BCUT2D eigenvalue weighted by atomic mass is 16.4. The fraction of sp³-hybridized carbons (Fsp3) is 0.833. The van der Waals surface area contributed by atoms with Gasteiger partial charge in [0.2, 0.25) is 0 Å². The van der Waals surface area contributed by atoms with Gasteiger partial charge in [-0.1, -0.05) is 26.7 Å². The first-order valence-corrected chi connectivity index (χ1v) is 6.36. The predicted molar refractivity (Wildman–Crippen MR) is 64.9 cm³/mol. The van der Waals surface area contributed by atoms with E-state index in [0.29, 0.717) is 12.8 Å². The van der Waals surface area contributed by atoms with Gasteiger partial charge in [0, 0.05) is 6.04 Å². The van der Waals surface area contributed by atoms with Gasteiger partial charge in [-0.25, -0.2) is 9.59 Å². The lowest BCUT2D eigenvalue weighted by Gasteiger charge is -2.26. The van der Waals surface area contributed by atoms with Crippen LogP contribution in [-0.4, -0.2) is 28.7 Å². The fourth-order valence-corrected chi connectivity index (χ4v) is 2.30. The molecule has 0 heterocycles. The van der Waals surface area contributed by atoms with E-state index >= 15 is 0 Å². The van der Waals surface area contributed by atoms with Gasteiger partial charge in [-0.15, -0.1) is 0 Å². The van der Waals surface area contributed by atoms with E-state index in [1.165, 1.54) is 0 Å². The molecule has 0 spiro atoms. The highest BCUT2D eigenvalue weighted by molar-refractivity contribution is 5.86. The van der Waals surface area contributed by atoms with E-state index in [-0.39, 0.29) is 12.1 Å². The first-order chi connectivity index (χ1) is 8.04. The Bertz CT molecular complexity index is 281. The summed E-state index contributed by atoms with van der Waals surface area (Å²) >= 11 is 0. The largest absolute Gasteiger partial charge is 0.480 e. The van der Waals surface area contributed by atoms with Gasteiger partial charge in [0.05, 0.1) is 0 Å². The van der Waals surface area contributed by atoms with Crippen LogP contribution in [0.1, 0.15) is 52.4 Å². The number of aliphatic carboxylic acids is 1. The van der Waals surface area contributed by atoms with Crippen molar-refractivity contribution < 1.29 is 14.7 Å². The summed E-state index contributed by atoms with van der Waals surface area (Å²) in [6.07, 6.45) is 4.47. The third-order valence-electron chi connectivity index (χ3n) is 3.54. The average Bonchev–Trinajstić information content (AvgIpc) is 2.75. The number of carboxylic acid groups (broad SMARTS) is 1. The van der Waals surface area contributed by atoms with Crippen LogP contribution in [0.25, 0.3) is 0 Å². The SMILES string of the molecule is CCC(CC)NC(=O)NC1(C(=O)O)CCCC1. The van der Waals surface area contributed by atoms with Crippen molar-refractivity contribution in [2.45, 2.75) is 64.0 Å². The Morgan fingerprint density at radius 2 is 1.76 bits per heavy atom. The Morgan fingerprint density at radius 1 is 1.24 bits per heavy atom. The molecular formula is C12H22N2O3. The van der Waals surface area contributed by atoms with Gasteiger partial charge in [-0.3, -0.25) is 0 Å². The lowest BCUT2D eigenvalue weighted by atomic mass is 9.98. The van der Waals surface area contributed by atoms with Crippen LogP contribution in [0.4, 0.5) is 4.79 Å². The molecule has 1 fully saturated rings. The van der Waals surface area contributed by atoms with Crippen LogP contribution >= 0.6 is 0 Å². The van der Waals surface area contributed by atoms with Crippen LogP contribution in [0.3, 0.4) is 0 Å². The zero-order valence-electron chi connectivity index (χ0n) is 10.6. The van der Waals surface area contributed by atoms with Crippen LogP contribution in [0, 0.1) is 0 Å². The van der Waals surface area contributed by atoms with Crippen molar-refractivity contribution in [2.24, 2.45) is 0 Å². The molecule has 0 aromatic heterocycles. The van der Waals surface area contributed by atoms with E-state index in [2.05, 4.69) is 10.6 Å². The van der Waals surface area contributed by atoms with Gasteiger partial charge >= 0.3 is 12.0 Å². The highest BCUT2D eigenvalue weighted by Gasteiger charge is 2.42. The van der Waals surface area contributed by atoms with Crippen molar-refractivity contribution in [1.29, 1.82) is 0 Å². The molecule has 3 N–H and O–H groups in total. The molecule has 0 aromatic rings. The minimum absolute atomic E-state index is 0.113. The van der Waals surface area contributed by atoms with E-state index in [0.717, 1.165) is 25.7 Å². The zero-order chi connectivity index (χ0) is 12.9. The van der Waals surface area contributed by atoms with Crippen LogP contribution in [0.15, 0.2) is 0 Å². The van der Waals surface area contributed by atoms with Gasteiger partial charge in [0.15, 0.2) is 0 Å². The second-order valence-corrected chi connectivity index (χ2v) is 4.71. The summed E-state index contributed by atoms with van der Waals surface area (Å²) in [6, 6.07) is -0.245. The predicted octanol–water partition coefficient (Wildman–Crippen LogP) is 1.87. The molecule has 98 valence electrons. The number of rotatable bonds is 5. The van der Waals surface area contributed by atoms with E-state index in [9.17, 15) is 14.7 Å². The number of carbonyl (C=O) groups is 2. The Balaban J connectivity index is 2.56. The molecule has 1 aliphatic rings. The van der Waals surface area contributed by atoms with Crippen molar-refractivity contribution in [3.8, 4) is 0 Å². The molecule has 5 nitrogen and oxygen atoms in total. The molecule has 1 saturated carbocycles. The summed E-state index contributed by atoms with van der Waals surface area (Å²) in [6.45, 7) is 3.99. The molecule has 0 unspecified atom stereocenters. The second kappa shape index (κ2) is 5.89. The third-order valence-corrected chi connectivity index (χ3v) is 3.54. The smallest absolute Gasteiger partial charge is 0.329 e. The lowest BCUT2D eigenvalue weighted by Crippen LogP contribution is -2.56. The molecule has 0 aromatic carbocycles. The summed E-state index contributed by atoms with van der Waals surface area (Å²) in [5, 5.41) is 14.7. The molecule has 0 saturated heterocycles. The van der Waals surface area contributed by atoms with Crippen LogP contribution in [0.2, 0.25) is 0 Å². The highest BCUT2D eigenvalue weighted by Crippen LogP contribution is 2.29. The summed E-state index contributed by atoms with van der Waals surface area (Å²) in [4.78, 5) is 23.0. The Labute approximate surface area is 102 Å². The Morgan fingerprint density at radius 3 is 2.18 bits per heavy atom. The Hall–Kier alpha value is -1.26. The monoisotopic (exact) mass is 242 g/mol. The number of urea groups is 1. The summed E-state index contributed by atoms with van der Waals surface area (Å²) in [7, 11) is 0. The van der Waals surface area contributed by atoms with Crippen molar-refractivity contribution >= 4 is 12.0 Å². The number of carbonyl (C=O) groups excluding carboxylic acids is 1. The molecule has 0 radical (unpaired) electrons. The first-order valence-electron chi connectivity index (χ1n) is 6.36. The Kier molecular flexibility index (Phi) is 4.78. The zero-order valence-corrected chi connectivity index (χ0v) is 10.6. The number of hydrogen-bond acceptors (Lipinski definition) is 2. The molecule has 1 rings (SSSR count). The van der Waals surface area contributed by atoms with Crippen molar-refractivity contribution in [2.75, 3.05) is 0 Å². The summed E-state index contributed by atoms with van der Waals surface area (Å²) in [5.74, 6) is -0.922. The molecule has 5 heteroatoms. The number of carboxylic acids is 1. The number of nitrogens with one attached hydrogen (secondary N) is 2. The standard InChI is InChI=1S/C12H22N2O3/c1-3-9(4-2)13-11(17)14-12(10(15)16)7-5-6-8-12/h9H,3-8H2,1-2H3,(H,15,16)(H2,13,14,17). The maximum absolute atomic E-state index is 11.8. The van der Waals surface area contributed by atoms with Crippen molar-refractivity contribution in [1.82, 2.24) is 10.6 Å². The van der Waals surface area contributed by atoms with E-state index in [1.807, 2.05) is 13.8 Å². The van der Waals surface area contributed by atoms with Gasteiger partial charge in [-0.2, -0.15) is 0 Å². The van der Waals surface area contributed by atoms with Gasteiger partial charge < -0.3 is 15.7 Å². The molecule has 1 aliphatic carbocycles. The minimum Gasteiger partial charge on any atom is -0.480 e. The summed E-state index contributed by atoms with van der Waals surface area (Å²) < 4.78 is 0. The van der Waals surface area contributed by atoms with E-state index in [1.54, 1.807) is 0 Å². The summed E-state index contributed by atoms with van der Waals surface area (Å²) in [5.41, 5.74) is -1.05. The first kappa shape index (κ1) is 13.8. The molecule has 17 heavy (non-hydrogen) atoms. The quantitative estimate of drug-likeness (QED) is 0.688.